The first-order valence-electron chi connectivity index (χ1n) is 15.1. The highest BCUT2D eigenvalue weighted by atomic mass is 35.5. The van der Waals surface area contributed by atoms with E-state index in [1.54, 1.807) is 11.0 Å². The molecule has 0 fully saturated rings. The fourth-order valence-corrected chi connectivity index (χ4v) is 5.47. The topological polar surface area (TPSA) is 86.6 Å². The third-order valence-electron chi connectivity index (χ3n) is 7.85. The van der Waals surface area contributed by atoms with Gasteiger partial charge in [0.05, 0.1) is 5.02 Å². The Hall–Kier alpha value is -3.29. The van der Waals surface area contributed by atoms with E-state index in [0.717, 1.165) is 25.2 Å². The molecule has 7 nitrogen and oxygen atoms in total. The number of carboxylic acids is 1. The number of unbranched alkanes of at least 4 members (excludes halogenated alkanes) is 7. The lowest BCUT2D eigenvalue weighted by atomic mass is 9.94. The summed E-state index contributed by atoms with van der Waals surface area (Å²) in [5.41, 5.74) is 7.19. The number of carboxylic acid groups (broad SMARTS) is 1. The summed E-state index contributed by atoms with van der Waals surface area (Å²) in [5, 5.41) is 8.58. The van der Waals surface area contributed by atoms with Crippen molar-refractivity contribution in [3.8, 4) is 11.1 Å². The van der Waals surface area contributed by atoms with Gasteiger partial charge in [0, 0.05) is 49.9 Å². The van der Waals surface area contributed by atoms with Crippen LogP contribution in [0.25, 0.3) is 11.1 Å². The molecule has 0 saturated heterocycles. The van der Waals surface area contributed by atoms with Crippen molar-refractivity contribution in [1.29, 1.82) is 0 Å². The molecule has 2 aromatic heterocycles. The van der Waals surface area contributed by atoms with Crippen molar-refractivity contribution in [3.63, 3.8) is 0 Å². The molecule has 3 aromatic rings. The molecule has 42 heavy (non-hydrogen) atoms. The third kappa shape index (κ3) is 9.63. The predicted molar refractivity (Wildman–Crippen MR) is 171 cm³/mol. The molecule has 1 aromatic carbocycles. The van der Waals surface area contributed by atoms with Gasteiger partial charge in [-0.1, -0.05) is 69.5 Å². The highest BCUT2D eigenvalue weighted by molar-refractivity contribution is 6.33. The number of carbonyl (C=O) groups is 2. The minimum Gasteiger partial charge on any atom is -0.476 e. The first-order chi connectivity index (χ1) is 20.2. The summed E-state index contributed by atoms with van der Waals surface area (Å²) in [6.07, 6.45) is 17.7. The Morgan fingerprint density at radius 3 is 2.43 bits per heavy atom. The van der Waals surface area contributed by atoms with E-state index >= 15 is 0 Å². The fourth-order valence-electron chi connectivity index (χ4n) is 5.27. The van der Waals surface area contributed by atoms with Gasteiger partial charge in [0.2, 0.25) is 5.91 Å². The van der Waals surface area contributed by atoms with Crippen LogP contribution in [0.2, 0.25) is 5.02 Å². The number of anilines is 1. The molecule has 1 amide bonds. The van der Waals surface area contributed by atoms with Crippen LogP contribution in [-0.2, 0) is 17.8 Å². The molecule has 0 unspecified atom stereocenters. The van der Waals surface area contributed by atoms with Crippen molar-refractivity contribution >= 4 is 29.2 Å². The Balaban J connectivity index is 0.000000408. The van der Waals surface area contributed by atoms with Crippen LogP contribution in [0.15, 0.2) is 48.9 Å². The number of aromatic carboxylic acids is 1. The zero-order valence-corrected chi connectivity index (χ0v) is 26.3. The van der Waals surface area contributed by atoms with Gasteiger partial charge < -0.3 is 14.9 Å². The van der Waals surface area contributed by atoms with E-state index in [0.29, 0.717) is 6.42 Å². The van der Waals surface area contributed by atoms with Crippen LogP contribution in [0.3, 0.4) is 0 Å². The van der Waals surface area contributed by atoms with Crippen molar-refractivity contribution in [1.82, 2.24) is 14.9 Å². The van der Waals surface area contributed by atoms with Gasteiger partial charge >= 0.3 is 5.97 Å². The molecule has 8 heteroatoms. The normalized spacial score (nSPS) is 12.6. The molecule has 0 saturated carbocycles. The number of halogens is 1. The van der Waals surface area contributed by atoms with Crippen molar-refractivity contribution in [2.45, 2.75) is 84.6 Å². The number of aromatic nitrogens is 2. The van der Waals surface area contributed by atoms with Crippen LogP contribution < -0.4 is 4.90 Å². The second-order valence-electron chi connectivity index (χ2n) is 11.1. The van der Waals surface area contributed by atoms with Crippen LogP contribution in [0.1, 0.15) is 91.9 Å². The summed E-state index contributed by atoms with van der Waals surface area (Å²) in [7, 11) is 4.09. The van der Waals surface area contributed by atoms with Gasteiger partial charge in [-0.3, -0.25) is 9.78 Å². The van der Waals surface area contributed by atoms with Crippen molar-refractivity contribution in [2.75, 3.05) is 25.5 Å². The minimum absolute atomic E-state index is 0.107. The molecule has 226 valence electrons. The highest BCUT2D eigenvalue weighted by Crippen LogP contribution is 2.33. The lowest BCUT2D eigenvalue weighted by molar-refractivity contribution is -0.118. The van der Waals surface area contributed by atoms with Crippen LogP contribution in [0, 0.1) is 6.92 Å². The van der Waals surface area contributed by atoms with Crippen molar-refractivity contribution < 1.29 is 14.7 Å². The summed E-state index contributed by atoms with van der Waals surface area (Å²) in [6, 6.07) is 9.53. The molecule has 3 heterocycles. The van der Waals surface area contributed by atoms with E-state index in [1.165, 1.54) is 91.4 Å². The lowest BCUT2D eigenvalue weighted by Gasteiger charge is -2.26. The number of pyridine rings is 2. The minimum atomic E-state index is -1.11. The summed E-state index contributed by atoms with van der Waals surface area (Å²) < 4.78 is 0. The largest absolute Gasteiger partial charge is 0.476 e. The van der Waals surface area contributed by atoms with Gasteiger partial charge in [0.1, 0.15) is 0 Å². The number of benzene rings is 1. The van der Waals surface area contributed by atoms with Gasteiger partial charge in [-0.25, -0.2) is 9.78 Å². The van der Waals surface area contributed by atoms with Gasteiger partial charge in [0.15, 0.2) is 5.69 Å². The first-order valence-corrected chi connectivity index (χ1v) is 15.5. The number of hydrogen-bond donors (Lipinski definition) is 1. The molecule has 4 rings (SSSR count). The van der Waals surface area contributed by atoms with E-state index in [1.807, 2.05) is 19.4 Å². The summed E-state index contributed by atoms with van der Waals surface area (Å²) in [5.74, 6) is -0.907. The molecule has 1 aliphatic rings. The molecular formula is C34H45ClN4O3. The third-order valence-corrected chi connectivity index (χ3v) is 8.15. The van der Waals surface area contributed by atoms with Gasteiger partial charge in [-0.2, -0.15) is 0 Å². The highest BCUT2D eigenvalue weighted by Gasteiger charge is 2.21. The molecular weight excluding hydrogens is 548 g/mol. The number of rotatable bonds is 13. The van der Waals surface area contributed by atoms with E-state index in [-0.39, 0.29) is 16.6 Å². The molecule has 0 radical (unpaired) electrons. The monoisotopic (exact) mass is 592 g/mol. The molecule has 1 aliphatic heterocycles. The summed E-state index contributed by atoms with van der Waals surface area (Å²) in [4.78, 5) is 34.6. The van der Waals surface area contributed by atoms with Crippen LogP contribution in [0.5, 0.6) is 0 Å². The molecule has 0 spiro atoms. The Labute approximate surface area is 255 Å². The van der Waals surface area contributed by atoms with Gasteiger partial charge in [0.25, 0.3) is 0 Å². The number of carbonyl (C=O) groups excluding carboxylic acids is 1. The van der Waals surface area contributed by atoms with Crippen LogP contribution in [0.4, 0.5) is 5.69 Å². The Bertz CT molecular complexity index is 1330. The van der Waals surface area contributed by atoms with Crippen molar-refractivity contribution in [3.05, 3.63) is 76.3 Å². The maximum atomic E-state index is 12.0. The molecule has 1 N–H and O–H groups in total. The number of amides is 1. The predicted octanol–water partition coefficient (Wildman–Crippen LogP) is 7.97. The molecule has 0 bridgehead atoms. The number of fused-ring (bicyclic) bond motifs is 1. The van der Waals surface area contributed by atoms with E-state index in [2.05, 4.69) is 54.0 Å². The Morgan fingerprint density at radius 1 is 1.05 bits per heavy atom. The number of aryl methyl sites for hydroxylation is 1. The zero-order chi connectivity index (χ0) is 30.5. The number of nitrogens with zero attached hydrogens (tertiary/aromatic N) is 4. The second kappa shape index (κ2) is 17.0. The second-order valence-corrected chi connectivity index (χ2v) is 11.5. The lowest BCUT2D eigenvalue weighted by Crippen LogP contribution is -2.30. The smallest absolute Gasteiger partial charge is 0.356 e. The standard InChI is InChI=1S/C28H41N3O.C6H4ClNO2/c1-5-6-7-8-9-10-11-12-17-30(3)21-25-19-29-20-26(22(25)2)23-13-15-27-24(18-23)14-16-28(32)31(27)4;7-4-2-1-3-8-5(4)6(9)10/h13,15,18-20H,5-12,14,16-17,21H2,1-4H3;1-3H,(H,9,10). The SMILES string of the molecule is CCCCCCCCCCN(C)Cc1cncc(-c2ccc3c(c2)CCC(=O)N3C)c1C.O=C(O)c1ncccc1Cl. The van der Waals surface area contributed by atoms with E-state index in [4.69, 9.17) is 16.7 Å². The van der Waals surface area contributed by atoms with Crippen LogP contribution >= 0.6 is 11.6 Å². The van der Waals surface area contributed by atoms with E-state index < -0.39 is 5.97 Å². The summed E-state index contributed by atoms with van der Waals surface area (Å²) in [6.45, 7) is 6.56. The summed E-state index contributed by atoms with van der Waals surface area (Å²) >= 11 is 5.48. The Morgan fingerprint density at radius 2 is 1.76 bits per heavy atom. The average molecular weight is 593 g/mol. The van der Waals surface area contributed by atoms with Crippen molar-refractivity contribution in [2.24, 2.45) is 0 Å². The van der Waals surface area contributed by atoms with Gasteiger partial charge in [-0.15, -0.1) is 0 Å². The quantitative estimate of drug-likeness (QED) is 0.203. The van der Waals surface area contributed by atoms with Gasteiger partial charge in [-0.05, 0) is 79.9 Å². The number of hydrogen-bond acceptors (Lipinski definition) is 5. The first kappa shape index (κ1) is 33.2. The van der Waals surface area contributed by atoms with Crippen LogP contribution in [-0.4, -0.2) is 52.5 Å². The maximum Gasteiger partial charge on any atom is 0.356 e. The van der Waals surface area contributed by atoms with E-state index in [9.17, 15) is 9.59 Å². The maximum absolute atomic E-state index is 12.0. The zero-order valence-electron chi connectivity index (χ0n) is 25.5. The Kier molecular flexibility index (Phi) is 13.4. The fraction of sp³-hybridized carbons (Fsp3) is 0.471. The molecule has 0 atom stereocenters. The average Bonchev–Trinajstić information content (AvgIpc) is 2.98. The molecule has 0 aliphatic carbocycles.